The predicted molar refractivity (Wildman–Crippen MR) is 66.5 cm³/mol. The Bertz CT molecular complexity index is 456. The van der Waals surface area contributed by atoms with Crippen LogP contribution in [0.1, 0.15) is 0 Å². The Morgan fingerprint density at radius 1 is 1.13 bits per heavy atom. The Hall–Kier alpha value is -0.990. The van der Waals surface area contributed by atoms with E-state index in [0.29, 0.717) is 0 Å². The summed E-state index contributed by atoms with van der Waals surface area (Å²) < 4.78 is 0. The number of pyridine rings is 1. The summed E-state index contributed by atoms with van der Waals surface area (Å²) in [4.78, 5) is 5.41. The summed E-state index contributed by atoms with van der Waals surface area (Å²) in [6.45, 7) is 0. The number of rotatable bonds is 2. The van der Waals surface area contributed by atoms with E-state index in [4.69, 9.17) is 11.6 Å². The SMILES string of the molecule is CSc1c(Cl)cccc1-c1ccccn1. The summed E-state index contributed by atoms with van der Waals surface area (Å²) in [6.07, 6.45) is 3.81. The van der Waals surface area contributed by atoms with E-state index in [1.165, 1.54) is 0 Å². The van der Waals surface area contributed by atoms with Crippen molar-refractivity contribution in [2.75, 3.05) is 6.26 Å². The van der Waals surface area contributed by atoms with Gasteiger partial charge in [0.25, 0.3) is 0 Å². The van der Waals surface area contributed by atoms with Gasteiger partial charge in [0, 0.05) is 16.7 Å². The van der Waals surface area contributed by atoms with Gasteiger partial charge >= 0.3 is 0 Å². The molecule has 0 spiro atoms. The molecule has 1 aromatic heterocycles. The second-order valence-corrected chi connectivity index (χ2v) is 4.26. The van der Waals surface area contributed by atoms with Gasteiger partial charge in [0.1, 0.15) is 0 Å². The maximum atomic E-state index is 6.13. The van der Waals surface area contributed by atoms with Crippen molar-refractivity contribution >= 4 is 23.4 Å². The molecule has 15 heavy (non-hydrogen) atoms. The second-order valence-electron chi connectivity index (χ2n) is 3.04. The van der Waals surface area contributed by atoms with Gasteiger partial charge in [-0.1, -0.05) is 29.8 Å². The number of halogens is 1. The van der Waals surface area contributed by atoms with Crippen LogP contribution >= 0.6 is 23.4 Å². The highest BCUT2D eigenvalue weighted by molar-refractivity contribution is 7.98. The average molecular weight is 236 g/mol. The van der Waals surface area contributed by atoms with Crippen molar-refractivity contribution in [3.05, 3.63) is 47.6 Å². The summed E-state index contributed by atoms with van der Waals surface area (Å²) in [6, 6.07) is 11.8. The van der Waals surface area contributed by atoms with E-state index in [1.807, 2.05) is 42.7 Å². The minimum Gasteiger partial charge on any atom is -0.256 e. The minimum absolute atomic E-state index is 0.783. The molecule has 0 aliphatic heterocycles. The highest BCUT2D eigenvalue weighted by Gasteiger charge is 2.07. The van der Waals surface area contributed by atoms with Crippen molar-refractivity contribution in [1.82, 2.24) is 4.98 Å². The molecule has 0 aliphatic carbocycles. The quantitative estimate of drug-likeness (QED) is 0.727. The smallest absolute Gasteiger partial charge is 0.0713 e. The Morgan fingerprint density at radius 3 is 2.67 bits per heavy atom. The molecule has 0 unspecified atom stereocenters. The summed E-state index contributed by atoms with van der Waals surface area (Å²) in [5.41, 5.74) is 2.06. The van der Waals surface area contributed by atoms with E-state index in [-0.39, 0.29) is 0 Å². The molecule has 1 nitrogen and oxygen atoms in total. The topological polar surface area (TPSA) is 12.9 Å². The lowest BCUT2D eigenvalue weighted by Gasteiger charge is -2.07. The van der Waals surface area contributed by atoms with Gasteiger partial charge in [-0.05, 0) is 24.5 Å². The fraction of sp³-hybridized carbons (Fsp3) is 0.0833. The molecule has 0 N–H and O–H groups in total. The summed E-state index contributed by atoms with van der Waals surface area (Å²) in [5.74, 6) is 0. The van der Waals surface area contributed by atoms with Crippen LogP contribution < -0.4 is 0 Å². The van der Waals surface area contributed by atoms with Crippen LogP contribution in [0.3, 0.4) is 0 Å². The van der Waals surface area contributed by atoms with Crippen LogP contribution in [0, 0.1) is 0 Å². The number of hydrogen-bond acceptors (Lipinski definition) is 2. The van der Waals surface area contributed by atoms with Crippen LogP contribution in [0.15, 0.2) is 47.5 Å². The van der Waals surface area contributed by atoms with Crippen molar-refractivity contribution in [1.29, 1.82) is 0 Å². The third-order valence-corrected chi connectivity index (χ3v) is 3.39. The number of aromatic nitrogens is 1. The first-order valence-corrected chi connectivity index (χ1v) is 6.17. The highest BCUT2D eigenvalue weighted by Crippen LogP contribution is 2.34. The molecule has 0 bridgehead atoms. The van der Waals surface area contributed by atoms with Gasteiger partial charge in [-0.15, -0.1) is 11.8 Å². The van der Waals surface area contributed by atoms with Gasteiger partial charge < -0.3 is 0 Å². The van der Waals surface area contributed by atoms with Crippen molar-refractivity contribution in [2.24, 2.45) is 0 Å². The van der Waals surface area contributed by atoms with E-state index >= 15 is 0 Å². The van der Waals surface area contributed by atoms with Crippen molar-refractivity contribution in [3.63, 3.8) is 0 Å². The lowest BCUT2D eigenvalue weighted by atomic mass is 10.1. The number of hydrogen-bond donors (Lipinski definition) is 0. The van der Waals surface area contributed by atoms with Crippen molar-refractivity contribution in [3.8, 4) is 11.3 Å². The Labute approximate surface area is 98.5 Å². The molecule has 2 aromatic rings. The first-order valence-electron chi connectivity index (χ1n) is 4.57. The average Bonchev–Trinajstić information content (AvgIpc) is 2.30. The standard InChI is InChI=1S/C12H10ClNS/c1-15-12-9(5-4-6-10(12)13)11-7-2-3-8-14-11/h2-8H,1H3. The molecule has 0 radical (unpaired) electrons. The van der Waals surface area contributed by atoms with E-state index in [0.717, 1.165) is 21.2 Å². The monoisotopic (exact) mass is 235 g/mol. The maximum absolute atomic E-state index is 6.13. The fourth-order valence-electron chi connectivity index (χ4n) is 1.44. The zero-order valence-corrected chi connectivity index (χ0v) is 9.85. The first-order chi connectivity index (χ1) is 7.33. The zero-order valence-electron chi connectivity index (χ0n) is 8.27. The van der Waals surface area contributed by atoms with Gasteiger partial charge in [-0.2, -0.15) is 0 Å². The molecule has 0 aliphatic rings. The van der Waals surface area contributed by atoms with Gasteiger partial charge in [0.05, 0.1) is 10.7 Å². The minimum atomic E-state index is 0.783. The normalized spacial score (nSPS) is 10.3. The lowest BCUT2D eigenvalue weighted by molar-refractivity contribution is 1.29. The van der Waals surface area contributed by atoms with E-state index < -0.39 is 0 Å². The molecule has 1 aromatic carbocycles. The van der Waals surface area contributed by atoms with Crippen LogP contribution in [0.5, 0.6) is 0 Å². The van der Waals surface area contributed by atoms with Gasteiger partial charge in [-0.3, -0.25) is 4.98 Å². The van der Waals surface area contributed by atoms with Crippen LogP contribution in [-0.2, 0) is 0 Å². The van der Waals surface area contributed by atoms with Gasteiger partial charge in [-0.25, -0.2) is 0 Å². The fourth-order valence-corrected chi connectivity index (χ4v) is 2.50. The van der Waals surface area contributed by atoms with E-state index in [9.17, 15) is 0 Å². The second kappa shape index (κ2) is 4.69. The Balaban J connectivity index is 2.58. The third-order valence-electron chi connectivity index (χ3n) is 2.11. The molecule has 76 valence electrons. The molecular weight excluding hydrogens is 226 g/mol. The summed E-state index contributed by atoms with van der Waals surface area (Å²) in [7, 11) is 0. The van der Waals surface area contributed by atoms with Crippen LogP contribution in [0.4, 0.5) is 0 Å². The molecular formula is C12H10ClNS. The molecule has 1 heterocycles. The Kier molecular flexibility index (Phi) is 3.29. The van der Waals surface area contributed by atoms with Crippen LogP contribution in [-0.4, -0.2) is 11.2 Å². The summed E-state index contributed by atoms with van der Waals surface area (Å²) in [5, 5.41) is 0.783. The molecule has 0 saturated heterocycles. The molecule has 2 rings (SSSR count). The Morgan fingerprint density at radius 2 is 2.00 bits per heavy atom. The van der Waals surface area contributed by atoms with Gasteiger partial charge in [0.2, 0.25) is 0 Å². The largest absolute Gasteiger partial charge is 0.256 e. The first kappa shape index (κ1) is 10.5. The van der Waals surface area contributed by atoms with Crippen LogP contribution in [0.2, 0.25) is 5.02 Å². The number of thioether (sulfide) groups is 1. The van der Waals surface area contributed by atoms with Crippen molar-refractivity contribution in [2.45, 2.75) is 4.90 Å². The highest BCUT2D eigenvalue weighted by atomic mass is 35.5. The summed E-state index contributed by atoms with van der Waals surface area (Å²) >= 11 is 7.78. The predicted octanol–water partition coefficient (Wildman–Crippen LogP) is 4.12. The van der Waals surface area contributed by atoms with Crippen molar-refractivity contribution < 1.29 is 0 Å². The van der Waals surface area contributed by atoms with Gasteiger partial charge in [0.15, 0.2) is 0 Å². The lowest BCUT2D eigenvalue weighted by Crippen LogP contribution is -1.85. The molecule has 0 fully saturated rings. The molecule has 3 heteroatoms. The van der Waals surface area contributed by atoms with E-state index in [2.05, 4.69) is 4.98 Å². The molecule has 0 saturated carbocycles. The molecule has 0 atom stereocenters. The maximum Gasteiger partial charge on any atom is 0.0713 e. The third kappa shape index (κ3) is 2.16. The number of nitrogens with zero attached hydrogens (tertiary/aromatic N) is 1. The zero-order chi connectivity index (χ0) is 10.7. The number of benzene rings is 1. The van der Waals surface area contributed by atoms with Crippen LogP contribution in [0.25, 0.3) is 11.3 Å². The molecule has 0 amide bonds. The van der Waals surface area contributed by atoms with E-state index in [1.54, 1.807) is 18.0 Å².